The lowest BCUT2D eigenvalue weighted by molar-refractivity contribution is -0.122. The fourth-order valence-electron chi connectivity index (χ4n) is 3.82. The minimum absolute atomic E-state index is 0.0522. The summed E-state index contributed by atoms with van der Waals surface area (Å²) in [6.07, 6.45) is 0. The van der Waals surface area contributed by atoms with Crippen LogP contribution in [0, 0.1) is 25.5 Å². The van der Waals surface area contributed by atoms with Crippen LogP contribution in [0.2, 0.25) is 0 Å². The maximum Gasteiger partial charge on any atom is 0.238 e. The summed E-state index contributed by atoms with van der Waals surface area (Å²) in [4.78, 5) is 29.0. The summed E-state index contributed by atoms with van der Waals surface area (Å²) in [6.45, 7) is 8.95. The van der Waals surface area contributed by atoms with Gasteiger partial charge in [0.25, 0.3) is 0 Å². The number of hydrogen-bond acceptors (Lipinski definition) is 4. The van der Waals surface area contributed by atoms with E-state index in [0.29, 0.717) is 35.6 Å². The molecule has 0 saturated carbocycles. The fraction of sp³-hybridized carbons (Fsp3) is 0.417. The molecule has 2 atom stereocenters. The molecule has 0 bridgehead atoms. The number of benzene rings is 2. The first kappa shape index (κ1) is 23.8. The quantitative estimate of drug-likeness (QED) is 0.715. The van der Waals surface area contributed by atoms with Crippen molar-refractivity contribution in [3.05, 3.63) is 59.2 Å². The molecule has 8 heteroatoms. The highest BCUT2D eigenvalue weighted by atomic mass is 19.1. The lowest BCUT2D eigenvalue weighted by Gasteiger charge is -2.43. The zero-order chi connectivity index (χ0) is 23.4. The molecule has 1 aliphatic rings. The second-order valence-corrected chi connectivity index (χ2v) is 8.58. The standard InChI is InChI=1S/C24H30F2N4O2/c1-15-5-7-19(9-21(15)25)27-23(31)13-29-11-18(4)30(12-17(29)3)14-24(32)28-20-8-6-16(2)22(26)10-20/h5-10,17-18H,11-14H2,1-4H3,(H,27,31)(H,28,32)/t17-,18-/m1/s1. The van der Waals surface area contributed by atoms with Crippen LogP contribution in [0.3, 0.4) is 0 Å². The molecule has 2 N–H and O–H groups in total. The Morgan fingerprint density at radius 1 is 0.812 bits per heavy atom. The number of aryl methyl sites for hydroxylation is 2. The van der Waals surface area contributed by atoms with Crippen molar-refractivity contribution in [2.75, 3.05) is 36.8 Å². The van der Waals surface area contributed by atoms with Crippen LogP contribution in [0.25, 0.3) is 0 Å². The Morgan fingerprint density at radius 2 is 1.19 bits per heavy atom. The third-order valence-corrected chi connectivity index (χ3v) is 5.85. The van der Waals surface area contributed by atoms with Crippen LogP contribution in [-0.4, -0.2) is 59.9 Å². The molecule has 0 aliphatic carbocycles. The van der Waals surface area contributed by atoms with Crippen molar-refractivity contribution >= 4 is 23.2 Å². The number of halogens is 2. The van der Waals surface area contributed by atoms with Crippen LogP contribution < -0.4 is 10.6 Å². The highest BCUT2D eigenvalue weighted by Crippen LogP contribution is 2.18. The number of amides is 2. The van der Waals surface area contributed by atoms with Gasteiger partial charge in [0.05, 0.1) is 13.1 Å². The minimum Gasteiger partial charge on any atom is -0.325 e. The number of nitrogens with one attached hydrogen (secondary N) is 2. The number of anilines is 2. The van der Waals surface area contributed by atoms with Crippen molar-refractivity contribution < 1.29 is 18.4 Å². The summed E-state index contributed by atoms with van der Waals surface area (Å²) in [5.41, 5.74) is 1.92. The summed E-state index contributed by atoms with van der Waals surface area (Å²) < 4.78 is 27.4. The molecule has 0 aromatic heterocycles. The predicted octanol–water partition coefficient (Wildman–Crippen LogP) is 3.55. The molecule has 0 radical (unpaired) electrons. The monoisotopic (exact) mass is 444 g/mol. The number of nitrogens with zero attached hydrogens (tertiary/aromatic N) is 2. The van der Waals surface area contributed by atoms with E-state index in [1.807, 2.05) is 23.6 Å². The van der Waals surface area contributed by atoms with Gasteiger partial charge in [0.2, 0.25) is 11.8 Å². The van der Waals surface area contributed by atoms with E-state index >= 15 is 0 Å². The van der Waals surface area contributed by atoms with Gasteiger partial charge in [0, 0.05) is 36.5 Å². The average molecular weight is 445 g/mol. The van der Waals surface area contributed by atoms with Crippen molar-refractivity contribution in [3.63, 3.8) is 0 Å². The molecule has 1 heterocycles. The largest absolute Gasteiger partial charge is 0.325 e. The molecule has 32 heavy (non-hydrogen) atoms. The molecular weight excluding hydrogens is 414 g/mol. The Morgan fingerprint density at radius 3 is 1.53 bits per heavy atom. The SMILES string of the molecule is Cc1ccc(NC(=O)CN2C[C@@H](C)N(CC(=O)Nc3ccc(C)c(F)c3)C[C@H]2C)cc1F. The van der Waals surface area contributed by atoms with E-state index in [4.69, 9.17) is 0 Å². The topological polar surface area (TPSA) is 64.7 Å². The number of carbonyl (C=O) groups excluding carboxylic acids is 2. The van der Waals surface area contributed by atoms with Gasteiger partial charge < -0.3 is 10.6 Å². The van der Waals surface area contributed by atoms with Crippen LogP contribution in [0.15, 0.2) is 36.4 Å². The Bertz CT molecular complexity index is 918. The van der Waals surface area contributed by atoms with E-state index in [9.17, 15) is 18.4 Å². The van der Waals surface area contributed by atoms with E-state index in [1.165, 1.54) is 12.1 Å². The van der Waals surface area contributed by atoms with E-state index in [0.717, 1.165) is 0 Å². The van der Waals surface area contributed by atoms with Gasteiger partial charge in [-0.25, -0.2) is 8.78 Å². The van der Waals surface area contributed by atoms with Gasteiger partial charge in [-0.1, -0.05) is 12.1 Å². The summed E-state index contributed by atoms with van der Waals surface area (Å²) in [5, 5.41) is 5.49. The summed E-state index contributed by atoms with van der Waals surface area (Å²) in [6, 6.07) is 9.35. The van der Waals surface area contributed by atoms with Crippen molar-refractivity contribution in [2.24, 2.45) is 0 Å². The van der Waals surface area contributed by atoms with Crippen molar-refractivity contribution in [1.82, 2.24) is 9.80 Å². The zero-order valence-corrected chi connectivity index (χ0v) is 18.9. The third kappa shape index (κ3) is 6.11. The number of piperazine rings is 1. The molecule has 2 aromatic carbocycles. The Balaban J connectivity index is 1.51. The van der Waals surface area contributed by atoms with Crippen LogP contribution in [0.1, 0.15) is 25.0 Å². The van der Waals surface area contributed by atoms with Gasteiger partial charge in [-0.05, 0) is 63.1 Å². The predicted molar refractivity (Wildman–Crippen MR) is 122 cm³/mol. The van der Waals surface area contributed by atoms with Gasteiger partial charge in [-0.3, -0.25) is 19.4 Å². The maximum absolute atomic E-state index is 13.7. The third-order valence-electron chi connectivity index (χ3n) is 5.85. The van der Waals surface area contributed by atoms with Gasteiger partial charge in [-0.15, -0.1) is 0 Å². The number of rotatable bonds is 6. The van der Waals surface area contributed by atoms with Crippen molar-refractivity contribution in [2.45, 2.75) is 39.8 Å². The van der Waals surface area contributed by atoms with Gasteiger partial charge in [0.1, 0.15) is 11.6 Å². The van der Waals surface area contributed by atoms with Gasteiger partial charge in [0.15, 0.2) is 0 Å². The first-order chi connectivity index (χ1) is 15.1. The molecule has 0 spiro atoms. The normalized spacial score (nSPS) is 19.6. The minimum atomic E-state index is -0.356. The van der Waals surface area contributed by atoms with E-state index < -0.39 is 0 Å². The lowest BCUT2D eigenvalue weighted by Crippen LogP contribution is -2.58. The first-order valence-corrected chi connectivity index (χ1v) is 10.7. The number of hydrogen-bond donors (Lipinski definition) is 2. The van der Waals surface area contributed by atoms with Gasteiger partial charge in [-0.2, -0.15) is 0 Å². The van der Waals surface area contributed by atoms with Crippen molar-refractivity contribution in [1.29, 1.82) is 0 Å². The van der Waals surface area contributed by atoms with Crippen LogP contribution in [0.5, 0.6) is 0 Å². The van der Waals surface area contributed by atoms with E-state index in [-0.39, 0.29) is 48.6 Å². The zero-order valence-electron chi connectivity index (χ0n) is 18.9. The molecule has 2 aromatic rings. The Hall–Kier alpha value is -2.84. The van der Waals surface area contributed by atoms with E-state index in [1.54, 1.807) is 38.1 Å². The fourth-order valence-corrected chi connectivity index (χ4v) is 3.82. The molecule has 2 amide bonds. The smallest absolute Gasteiger partial charge is 0.238 e. The summed E-state index contributed by atoms with van der Waals surface area (Å²) in [5.74, 6) is -1.13. The molecular formula is C24H30F2N4O2. The maximum atomic E-state index is 13.7. The van der Waals surface area contributed by atoms with Crippen molar-refractivity contribution in [3.8, 4) is 0 Å². The van der Waals surface area contributed by atoms with Crippen LogP contribution >= 0.6 is 0 Å². The number of carbonyl (C=O) groups is 2. The Kier molecular flexibility index (Phi) is 7.58. The van der Waals surface area contributed by atoms with E-state index in [2.05, 4.69) is 10.6 Å². The molecule has 0 unspecified atom stereocenters. The first-order valence-electron chi connectivity index (χ1n) is 10.7. The molecule has 6 nitrogen and oxygen atoms in total. The molecule has 1 aliphatic heterocycles. The highest BCUT2D eigenvalue weighted by Gasteiger charge is 2.31. The Labute approximate surface area is 187 Å². The average Bonchev–Trinajstić information content (AvgIpc) is 2.71. The molecule has 1 fully saturated rings. The molecule has 1 saturated heterocycles. The molecule has 3 rings (SSSR count). The second kappa shape index (κ2) is 10.2. The van der Waals surface area contributed by atoms with Gasteiger partial charge >= 0.3 is 0 Å². The van der Waals surface area contributed by atoms with Crippen LogP contribution in [-0.2, 0) is 9.59 Å². The summed E-state index contributed by atoms with van der Waals surface area (Å²) >= 11 is 0. The molecule has 172 valence electrons. The summed E-state index contributed by atoms with van der Waals surface area (Å²) in [7, 11) is 0. The van der Waals surface area contributed by atoms with Crippen LogP contribution in [0.4, 0.5) is 20.2 Å². The highest BCUT2D eigenvalue weighted by molar-refractivity contribution is 5.93. The second-order valence-electron chi connectivity index (χ2n) is 8.58. The lowest BCUT2D eigenvalue weighted by atomic mass is 10.1.